The summed E-state index contributed by atoms with van der Waals surface area (Å²) >= 11 is 0. The lowest BCUT2D eigenvalue weighted by atomic mass is 9.95. The van der Waals surface area contributed by atoms with Crippen molar-refractivity contribution in [1.29, 1.82) is 0 Å². The van der Waals surface area contributed by atoms with E-state index in [1.54, 1.807) is 12.1 Å². The van der Waals surface area contributed by atoms with E-state index >= 15 is 0 Å². The van der Waals surface area contributed by atoms with Crippen molar-refractivity contribution in [2.24, 2.45) is 0 Å². The average Bonchev–Trinajstić information content (AvgIpc) is 2.61. The van der Waals surface area contributed by atoms with Gasteiger partial charge in [-0.25, -0.2) is 4.79 Å². The van der Waals surface area contributed by atoms with E-state index in [9.17, 15) is 4.79 Å². The third-order valence-corrected chi connectivity index (χ3v) is 4.50. The van der Waals surface area contributed by atoms with Crippen LogP contribution in [0.15, 0.2) is 48.5 Å². The molecule has 0 aliphatic carbocycles. The van der Waals surface area contributed by atoms with Gasteiger partial charge in [0, 0.05) is 19.2 Å². The van der Waals surface area contributed by atoms with Gasteiger partial charge in [0.2, 0.25) is 0 Å². The van der Waals surface area contributed by atoms with Crippen molar-refractivity contribution < 1.29 is 14.6 Å². The molecule has 3 rings (SSSR count). The largest absolute Gasteiger partial charge is 0.478 e. The molecule has 1 aliphatic rings. The van der Waals surface area contributed by atoms with E-state index in [2.05, 4.69) is 36.5 Å². The Morgan fingerprint density at radius 1 is 1.17 bits per heavy atom. The zero-order valence-electron chi connectivity index (χ0n) is 13.9. The second kappa shape index (κ2) is 7.60. The Morgan fingerprint density at radius 2 is 1.88 bits per heavy atom. The van der Waals surface area contributed by atoms with Crippen molar-refractivity contribution >= 4 is 5.97 Å². The topological polar surface area (TPSA) is 58.6 Å². The first-order chi connectivity index (χ1) is 11.6. The fraction of sp³-hybridized carbons (Fsp3) is 0.350. The van der Waals surface area contributed by atoms with Gasteiger partial charge in [0.05, 0.1) is 11.7 Å². The van der Waals surface area contributed by atoms with Crippen LogP contribution >= 0.6 is 0 Å². The van der Waals surface area contributed by atoms with Crippen molar-refractivity contribution in [3.63, 3.8) is 0 Å². The number of ether oxygens (including phenoxy) is 1. The molecule has 1 fully saturated rings. The van der Waals surface area contributed by atoms with Crippen molar-refractivity contribution in [2.75, 3.05) is 6.61 Å². The van der Waals surface area contributed by atoms with Crippen LogP contribution in [0.1, 0.15) is 46.0 Å². The first kappa shape index (κ1) is 16.7. The molecule has 2 atom stereocenters. The molecule has 2 unspecified atom stereocenters. The van der Waals surface area contributed by atoms with Crippen LogP contribution in [0.3, 0.4) is 0 Å². The van der Waals surface area contributed by atoms with Crippen LogP contribution in [0.4, 0.5) is 0 Å². The van der Waals surface area contributed by atoms with Gasteiger partial charge < -0.3 is 15.2 Å². The highest BCUT2D eigenvalue weighted by Gasteiger charge is 2.26. The molecule has 0 amide bonds. The van der Waals surface area contributed by atoms with Crippen LogP contribution in [0.2, 0.25) is 0 Å². The number of carboxylic acids is 1. The van der Waals surface area contributed by atoms with Gasteiger partial charge in [-0.1, -0.05) is 42.0 Å². The monoisotopic (exact) mass is 325 g/mol. The Kier molecular flexibility index (Phi) is 5.28. The van der Waals surface area contributed by atoms with Gasteiger partial charge in [0.15, 0.2) is 0 Å². The first-order valence-electron chi connectivity index (χ1n) is 8.37. The van der Waals surface area contributed by atoms with E-state index in [0.29, 0.717) is 12.1 Å². The SMILES string of the molecule is Cc1ccc(C2OCCCC2NCc2ccc(C(=O)O)cc2)cc1. The normalized spacial score (nSPS) is 20.7. The number of hydrogen-bond donors (Lipinski definition) is 2. The van der Waals surface area contributed by atoms with Crippen LogP contribution in [0.5, 0.6) is 0 Å². The average molecular weight is 325 g/mol. The minimum absolute atomic E-state index is 0.0673. The van der Waals surface area contributed by atoms with Crippen molar-refractivity contribution in [3.8, 4) is 0 Å². The molecule has 1 saturated heterocycles. The number of rotatable bonds is 5. The van der Waals surface area contributed by atoms with Crippen LogP contribution in [0.25, 0.3) is 0 Å². The van der Waals surface area contributed by atoms with Gasteiger partial charge in [-0.3, -0.25) is 0 Å². The molecule has 4 heteroatoms. The summed E-state index contributed by atoms with van der Waals surface area (Å²) in [7, 11) is 0. The summed E-state index contributed by atoms with van der Waals surface area (Å²) in [6.07, 6.45) is 2.20. The number of carbonyl (C=O) groups is 1. The molecule has 2 aromatic carbocycles. The summed E-state index contributed by atoms with van der Waals surface area (Å²) in [5, 5.41) is 12.5. The summed E-state index contributed by atoms with van der Waals surface area (Å²) in [5.74, 6) is -0.894. The molecule has 0 spiro atoms. The lowest BCUT2D eigenvalue weighted by Crippen LogP contribution is -2.39. The Hall–Kier alpha value is -2.17. The van der Waals surface area contributed by atoms with E-state index in [-0.39, 0.29) is 12.1 Å². The molecule has 4 nitrogen and oxygen atoms in total. The van der Waals surface area contributed by atoms with E-state index < -0.39 is 5.97 Å². The Bertz CT molecular complexity index is 679. The maximum absolute atomic E-state index is 10.9. The highest BCUT2D eigenvalue weighted by Crippen LogP contribution is 2.29. The van der Waals surface area contributed by atoms with Gasteiger partial charge in [0.25, 0.3) is 0 Å². The van der Waals surface area contributed by atoms with Crippen molar-refractivity contribution in [2.45, 2.75) is 38.5 Å². The molecule has 24 heavy (non-hydrogen) atoms. The molecule has 1 aliphatic heterocycles. The summed E-state index contributed by atoms with van der Waals surface area (Å²) < 4.78 is 6.02. The van der Waals surface area contributed by atoms with Crippen LogP contribution < -0.4 is 5.32 Å². The number of aromatic carboxylic acids is 1. The Labute approximate surface area is 142 Å². The number of carboxylic acid groups (broad SMARTS) is 1. The third-order valence-electron chi connectivity index (χ3n) is 4.50. The Morgan fingerprint density at radius 3 is 2.54 bits per heavy atom. The number of hydrogen-bond acceptors (Lipinski definition) is 3. The molecular formula is C20H23NO3. The maximum atomic E-state index is 10.9. The van der Waals surface area contributed by atoms with Gasteiger partial charge in [-0.2, -0.15) is 0 Å². The smallest absolute Gasteiger partial charge is 0.335 e. The number of benzene rings is 2. The molecular weight excluding hydrogens is 302 g/mol. The highest BCUT2D eigenvalue weighted by atomic mass is 16.5. The van der Waals surface area contributed by atoms with E-state index in [4.69, 9.17) is 9.84 Å². The first-order valence-corrected chi connectivity index (χ1v) is 8.37. The van der Waals surface area contributed by atoms with E-state index in [1.807, 2.05) is 12.1 Å². The van der Waals surface area contributed by atoms with Crippen molar-refractivity contribution in [3.05, 3.63) is 70.8 Å². The molecule has 0 bridgehead atoms. The third kappa shape index (κ3) is 4.02. The molecule has 1 heterocycles. The standard InChI is InChI=1S/C20H23NO3/c1-14-4-8-16(9-5-14)19-18(3-2-12-24-19)21-13-15-6-10-17(11-7-15)20(22)23/h4-11,18-19,21H,2-3,12-13H2,1H3,(H,22,23). The van der Waals surface area contributed by atoms with Crippen molar-refractivity contribution in [1.82, 2.24) is 5.32 Å². The fourth-order valence-corrected chi connectivity index (χ4v) is 3.09. The Balaban J connectivity index is 1.65. The minimum Gasteiger partial charge on any atom is -0.478 e. The number of nitrogens with one attached hydrogen (secondary N) is 1. The number of aryl methyl sites for hydroxylation is 1. The molecule has 0 aromatic heterocycles. The van der Waals surface area contributed by atoms with Gasteiger partial charge in [0.1, 0.15) is 0 Å². The second-order valence-corrected chi connectivity index (χ2v) is 6.33. The molecule has 2 N–H and O–H groups in total. The van der Waals surface area contributed by atoms with Gasteiger partial charge in [-0.15, -0.1) is 0 Å². The second-order valence-electron chi connectivity index (χ2n) is 6.33. The predicted molar refractivity (Wildman–Crippen MR) is 93.1 cm³/mol. The quantitative estimate of drug-likeness (QED) is 0.880. The molecule has 126 valence electrons. The predicted octanol–water partition coefficient (Wildman–Crippen LogP) is 3.70. The van der Waals surface area contributed by atoms with Gasteiger partial charge >= 0.3 is 5.97 Å². The van der Waals surface area contributed by atoms with Crippen LogP contribution in [-0.4, -0.2) is 23.7 Å². The molecule has 0 saturated carbocycles. The highest BCUT2D eigenvalue weighted by molar-refractivity contribution is 5.87. The molecule has 2 aromatic rings. The van der Waals surface area contributed by atoms with Crippen LogP contribution in [0, 0.1) is 6.92 Å². The zero-order chi connectivity index (χ0) is 16.9. The summed E-state index contributed by atoms with van der Waals surface area (Å²) in [6, 6.07) is 15.8. The lowest BCUT2D eigenvalue weighted by molar-refractivity contribution is -0.0112. The molecule has 0 radical (unpaired) electrons. The lowest BCUT2D eigenvalue weighted by Gasteiger charge is -2.33. The zero-order valence-corrected chi connectivity index (χ0v) is 13.9. The van der Waals surface area contributed by atoms with Crippen LogP contribution in [-0.2, 0) is 11.3 Å². The maximum Gasteiger partial charge on any atom is 0.335 e. The summed E-state index contributed by atoms with van der Waals surface area (Å²) in [6.45, 7) is 3.59. The minimum atomic E-state index is -0.894. The van der Waals surface area contributed by atoms with E-state index in [1.165, 1.54) is 11.1 Å². The van der Waals surface area contributed by atoms with E-state index in [0.717, 1.165) is 25.0 Å². The summed E-state index contributed by atoms with van der Waals surface area (Å²) in [4.78, 5) is 10.9. The summed E-state index contributed by atoms with van der Waals surface area (Å²) in [5.41, 5.74) is 3.85. The van der Waals surface area contributed by atoms with Gasteiger partial charge in [-0.05, 0) is 43.0 Å². The fourth-order valence-electron chi connectivity index (χ4n) is 3.09.